The quantitative estimate of drug-likeness (QED) is 0.804. The van der Waals surface area contributed by atoms with Gasteiger partial charge in [0, 0.05) is 17.5 Å². The van der Waals surface area contributed by atoms with Gasteiger partial charge in [-0.2, -0.15) is 0 Å². The number of amides is 2. The van der Waals surface area contributed by atoms with E-state index in [-0.39, 0.29) is 11.8 Å². The average molecular weight is 389 g/mol. The summed E-state index contributed by atoms with van der Waals surface area (Å²) in [6, 6.07) is 7.78. The zero-order valence-corrected chi connectivity index (χ0v) is 16.9. The molecule has 1 aliphatic carbocycles. The first-order valence-electron chi connectivity index (χ1n) is 9.67. The molecule has 3 rings (SSSR count). The predicted molar refractivity (Wildman–Crippen MR) is 109 cm³/mol. The van der Waals surface area contributed by atoms with Gasteiger partial charge in [-0.15, -0.1) is 11.8 Å². The third-order valence-electron chi connectivity index (χ3n) is 5.13. The minimum absolute atomic E-state index is 0.0721. The lowest BCUT2D eigenvalue weighted by Crippen LogP contribution is -2.38. The molecule has 146 valence electrons. The van der Waals surface area contributed by atoms with Crippen LogP contribution in [0.25, 0.3) is 0 Å². The molecule has 5 nitrogen and oxygen atoms in total. The smallest absolute Gasteiger partial charge is 0.265 e. The highest BCUT2D eigenvalue weighted by molar-refractivity contribution is 8.04. The molecule has 1 saturated carbocycles. The number of rotatable bonds is 5. The van der Waals surface area contributed by atoms with Crippen LogP contribution in [-0.2, 0) is 20.7 Å². The fourth-order valence-electron chi connectivity index (χ4n) is 3.49. The fourth-order valence-corrected chi connectivity index (χ4v) is 4.31. The molecule has 1 heterocycles. The molecule has 0 radical (unpaired) electrons. The van der Waals surface area contributed by atoms with Gasteiger partial charge < -0.3 is 15.4 Å². The highest BCUT2D eigenvalue weighted by Gasteiger charge is 2.20. The molecule has 0 aromatic heterocycles. The van der Waals surface area contributed by atoms with E-state index in [1.165, 1.54) is 24.6 Å². The molecule has 0 saturated heterocycles. The van der Waals surface area contributed by atoms with Crippen molar-refractivity contribution in [3.05, 3.63) is 40.5 Å². The van der Waals surface area contributed by atoms with Crippen LogP contribution in [0.3, 0.4) is 0 Å². The van der Waals surface area contributed by atoms with E-state index < -0.39 is 0 Å². The van der Waals surface area contributed by atoms with Gasteiger partial charge in [0.05, 0.1) is 13.0 Å². The van der Waals surface area contributed by atoms with Crippen molar-refractivity contribution in [1.29, 1.82) is 0 Å². The van der Waals surface area contributed by atoms with Crippen molar-refractivity contribution in [3.63, 3.8) is 0 Å². The largest absolute Gasteiger partial charge is 0.496 e. The summed E-state index contributed by atoms with van der Waals surface area (Å²) in [5, 5.41) is 6.05. The third kappa shape index (κ3) is 5.76. The van der Waals surface area contributed by atoms with Gasteiger partial charge in [0.1, 0.15) is 10.7 Å². The summed E-state index contributed by atoms with van der Waals surface area (Å²) >= 11 is 1.52. The van der Waals surface area contributed by atoms with Crippen LogP contribution < -0.4 is 10.6 Å². The van der Waals surface area contributed by atoms with Crippen molar-refractivity contribution in [3.8, 4) is 0 Å². The zero-order chi connectivity index (χ0) is 19.2. The molecule has 1 aromatic rings. The third-order valence-corrected chi connectivity index (χ3v) is 6.26. The molecule has 0 unspecified atom stereocenters. The summed E-state index contributed by atoms with van der Waals surface area (Å²) in [5.74, 6) is 2.17. The minimum Gasteiger partial charge on any atom is -0.496 e. The molecule has 1 aromatic carbocycles. The van der Waals surface area contributed by atoms with Gasteiger partial charge in [-0.1, -0.05) is 19.1 Å². The summed E-state index contributed by atoms with van der Waals surface area (Å²) in [6.45, 7) is 4.73. The van der Waals surface area contributed by atoms with Gasteiger partial charge in [-0.3, -0.25) is 9.59 Å². The average Bonchev–Trinajstić information content (AvgIpc) is 2.65. The normalized spacial score (nSPS) is 22.7. The molecule has 1 aliphatic heterocycles. The molecule has 2 amide bonds. The Morgan fingerprint density at radius 1 is 1.15 bits per heavy atom. The first kappa shape index (κ1) is 19.8. The Kier molecular flexibility index (Phi) is 6.83. The number of hydrogen-bond donors (Lipinski definition) is 2. The van der Waals surface area contributed by atoms with Crippen LogP contribution in [0, 0.1) is 5.92 Å². The molecule has 1 fully saturated rings. The van der Waals surface area contributed by atoms with Crippen LogP contribution in [0.2, 0.25) is 0 Å². The number of nitrogens with one attached hydrogen (secondary N) is 2. The van der Waals surface area contributed by atoms with Crippen LogP contribution in [-0.4, -0.2) is 30.2 Å². The second-order valence-corrected chi connectivity index (χ2v) is 8.54. The second-order valence-electron chi connectivity index (χ2n) is 7.43. The Hall–Kier alpha value is -1.95. The summed E-state index contributed by atoms with van der Waals surface area (Å²) in [5.41, 5.74) is 1.66. The van der Waals surface area contributed by atoms with Gasteiger partial charge >= 0.3 is 0 Å². The van der Waals surface area contributed by atoms with Gasteiger partial charge in [0.2, 0.25) is 5.91 Å². The van der Waals surface area contributed by atoms with Crippen molar-refractivity contribution in [2.45, 2.75) is 52.0 Å². The van der Waals surface area contributed by atoms with Gasteiger partial charge in [0.25, 0.3) is 5.91 Å². The maximum absolute atomic E-state index is 12.4. The maximum Gasteiger partial charge on any atom is 0.265 e. The molecular formula is C21H28N2O3S. The molecule has 0 spiro atoms. The van der Waals surface area contributed by atoms with E-state index in [2.05, 4.69) is 17.6 Å². The number of carbonyl (C=O) groups excluding carboxylic acids is 2. The van der Waals surface area contributed by atoms with E-state index in [4.69, 9.17) is 4.74 Å². The van der Waals surface area contributed by atoms with Crippen LogP contribution in [0.4, 0.5) is 5.69 Å². The van der Waals surface area contributed by atoms with Crippen LogP contribution in [0.15, 0.2) is 34.9 Å². The number of thioether (sulfide) groups is 1. The molecule has 6 heteroatoms. The molecule has 0 atom stereocenters. The summed E-state index contributed by atoms with van der Waals surface area (Å²) in [4.78, 5) is 25.2. The van der Waals surface area contributed by atoms with Crippen LogP contribution >= 0.6 is 11.8 Å². The lowest BCUT2D eigenvalue weighted by molar-refractivity contribution is -0.121. The number of ether oxygens (including phenoxy) is 1. The Bertz CT molecular complexity index is 707. The van der Waals surface area contributed by atoms with Crippen LogP contribution in [0.5, 0.6) is 0 Å². The number of hydrogen-bond acceptors (Lipinski definition) is 4. The van der Waals surface area contributed by atoms with Gasteiger partial charge in [-0.05, 0) is 56.2 Å². The van der Waals surface area contributed by atoms with Crippen molar-refractivity contribution in [2.24, 2.45) is 5.92 Å². The van der Waals surface area contributed by atoms with Crippen molar-refractivity contribution in [2.75, 3.05) is 17.7 Å². The minimum atomic E-state index is -0.144. The lowest BCUT2D eigenvalue weighted by Gasteiger charge is -2.26. The number of benzene rings is 1. The van der Waals surface area contributed by atoms with E-state index in [1.54, 1.807) is 0 Å². The van der Waals surface area contributed by atoms with Crippen molar-refractivity contribution in [1.82, 2.24) is 5.32 Å². The number of carbonyl (C=O) groups is 2. The Balaban J connectivity index is 1.49. The predicted octanol–water partition coefficient (Wildman–Crippen LogP) is 3.86. The van der Waals surface area contributed by atoms with Crippen molar-refractivity contribution >= 4 is 29.3 Å². The molecule has 27 heavy (non-hydrogen) atoms. The Labute approximate surface area is 165 Å². The lowest BCUT2D eigenvalue weighted by atomic mass is 9.87. The van der Waals surface area contributed by atoms with Crippen LogP contribution in [0.1, 0.15) is 45.1 Å². The monoisotopic (exact) mass is 388 g/mol. The molecular weight excluding hydrogens is 360 g/mol. The fraction of sp³-hybridized carbons (Fsp3) is 0.524. The van der Waals surface area contributed by atoms with E-state index in [0.717, 1.165) is 35.8 Å². The summed E-state index contributed by atoms with van der Waals surface area (Å²) < 4.78 is 5.43. The van der Waals surface area contributed by atoms with E-state index >= 15 is 0 Å². The molecule has 2 aliphatic rings. The van der Waals surface area contributed by atoms with E-state index in [1.807, 2.05) is 31.2 Å². The first-order valence-corrected chi connectivity index (χ1v) is 10.7. The van der Waals surface area contributed by atoms with Crippen molar-refractivity contribution < 1.29 is 14.3 Å². The Morgan fingerprint density at radius 3 is 2.52 bits per heavy atom. The standard InChI is InChI=1S/C21H28N2O3S/c1-14-3-7-17(8-4-14)22-19(24)13-16-5-9-18(10-6-16)23-21(25)20-15(2)26-11-12-27-20/h5-6,9-10,14,17H,3-4,7-8,11-13H2,1-2H3,(H,22,24)(H,23,25). The van der Waals surface area contributed by atoms with Gasteiger partial charge in [0.15, 0.2) is 0 Å². The van der Waals surface area contributed by atoms with E-state index in [0.29, 0.717) is 29.7 Å². The topological polar surface area (TPSA) is 67.4 Å². The summed E-state index contributed by atoms with van der Waals surface area (Å²) in [6.07, 6.45) is 4.91. The first-order chi connectivity index (χ1) is 13.0. The SMILES string of the molecule is CC1=C(C(=O)Nc2ccc(CC(=O)NC3CCC(C)CC3)cc2)SCCO1. The number of anilines is 1. The molecule has 0 bridgehead atoms. The van der Waals surface area contributed by atoms with Gasteiger partial charge in [-0.25, -0.2) is 0 Å². The molecule has 2 N–H and O–H groups in total. The maximum atomic E-state index is 12.4. The summed E-state index contributed by atoms with van der Waals surface area (Å²) in [7, 11) is 0. The zero-order valence-electron chi connectivity index (χ0n) is 16.0. The highest BCUT2D eigenvalue weighted by atomic mass is 32.2. The Morgan fingerprint density at radius 2 is 1.85 bits per heavy atom. The second kappa shape index (κ2) is 9.31. The number of allylic oxidation sites excluding steroid dienone is 1. The van der Waals surface area contributed by atoms with E-state index in [9.17, 15) is 9.59 Å². The highest BCUT2D eigenvalue weighted by Crippen LogP contribution is 2.27.